The Hall–Kier alpha value is -1.81. The van der Waals surface area contributed by atoms with Gasteiger partial charge in [-0.2, -0.15) is 0 Å². The van der Waals surface area contributed by atoms with Crippen molar-refractivity contribution in [3.05, 3.63) is 57.0 Å². The molecule has 4 nitrogen and oxygen atoms in total. The summed E-state index contributed by atoms with van der Waals surface area (Å²) in [5.41, 5.74) is 1.63. The van der Waals surface area contributed by atoms with E-state index in [1.165, 1.54) is 6.07 Å². The minimum Gasteiger partial charge on any atom is -0.352 e. The van der Waals surface area contributed by atoms with Gasteiger partial charge in [-0.25, -0.2) is 4.98 Å². The van der Waals surface area contributed by atoms with Crippen molar-refractivity contribution in [3.8, 4) is 0 Å². The van der Waals surface area contributed by atoms with E-state index in [2.05, 4.69) is 22.2 Å². The van der Waals surface area contributed by atoms with Crippen LogP contribution in [0.15, 0.2) is 35.1 Å². The lowest BCUT2D eigenvalue weighted by atomic mass is 10.2. The Balaban J connectivity index is 2.11. The average Bonchev–Trinajstić information content (AvgIpc) is 2.37. The molecule has 0 unspecified atom stereocenters. The number of hydrogen-bond donors (Lipinski definition) is 2. The minimum absolute atomic E-state index is 0.139. The largest absolute Gasteiger partial charge is 0.352 e. The normalized spacial score (nSPS) is 10.4. The summed E-state index contributed by atoms with van der Waals surface area (Å²) < 4.78 is 0. The molecule has 0 aliphatic carbocycles. The lowest BCUT2D eigenvalue weighted by molar-refractivity contribution is 0.864. The quantitative estimate of drug-likeness (QED) is 0.883. The summed E-state index contributed by atoms with van der Waals surface area (Å²) in [5, 5.41) is 3.79. The lowest BCUT2D eigenvalue weighted by Gasteiger charge is -2.08. The van der Waals surface area contributed by atoms with Crippen molar-refractivity contribution in [1.29, 1.82) is 0 Å². The molecule has 100 valence electrons. The number of rotatable bonds is 5. The topological polar surface area (TPSA) is 57.8 Å². The number of hydrogen-bond acceptors (Lipinski definition) is 3. The zero-order chi connectivity index (χ0) is 13.7. The van der Waals surface area contributed by atoms with Crippen LogP contribution in [0.25, 0.3) is 0 Å². The summed E-state index contributed by atoms with van der Waals surface area (Å²) >= 11 is 6.07. The first kappa shape index (κ1) is 13.6. The third kappa shape index (κ3) is 3.83. The molecule has 1 aromatic heterocycles. The van der Waals surface area contributed by atoms with Crippen LogP contribution in [0.2, 0.25) is 5.02 Å². The number of nitrogens with zero attached hydrogens (tertiary/aromatic N) is 1. The maximum atomic E-state index is 11.5. The molecule has 0 aliphatic heterocycles. The van der Waals surface area contributed by atoms with E-state index in [1.54, 1.807) is 0 Å². The summed E-state index contributed by atoms with van der Waals surface area (Å²) in [6.45, 7) is 2.58. The van der Waals surface area contributed by atoms with Crippen molar-refractivity contribution in [2.24, 2.45) is 0 Å². The van der Waals surface area contributed by atoms with Crippen LogP contribution < -0.4 is 10.9 Å². The summed E-state index contributed by atoms with van der Waals surface area (Å²) in [4.78, 5) is 18.5. The van der Waals surface area contributed by atoms with Crippen molar-refractivity contribution in [3.63, 3.8) is 0 Å². The molecule has 1 aromatic carbocycles. The van der Waals surface area contributed by atoms with E-state index in [9.17, 15) is 4.79 Å². The van der Waals surface area contributed by atoms with Gasteiger partial charge in [0.2, 0.25) is 5.95 Å². The second kappa shape index (κ2) is 6.38. The van der Waals surface area contributed by atoms with Crippen molar-refractivity contribution in [2.75, 3.05) is 5.32 Å². The summed E-state index contributed by atoms with van der Waals surface area (Å²) in [5.74, 6) is 0.482. The van der Waals surface area contributed by atoms with Crippen LogP contribution in [-0.4, -0.2) is 9.97 Å². The third-order valence-electron chi connectivity index (χ3n) is 2.70. The number of H-pyrrole nitrogens is 1. The molecule has 0 saturated carbocycles. The number of aryl methyl sites for hydroxylation is 1. The third-order valence-corrected chi connectivity index (χ3v) is 3.07. The van der Waals surface area contributed by atoms with Gasteiger partial charge in [-0.05, 0) is 18.1 Å². The molecule has 19 heavy (non-hydrogen) atoms. The highest BCUT2D eigenvalue weighted by atomic mass is 35.5. The van der Waals surface area contributed by atoms with E-state index in [0.717, 1.165) is 24.1 Å². The Kier molecular flexibility index (Phi) is 4.58. The van der Waals surface area contributed by atoms with E-state index < -0.39 is 0 Å². The molecule has 0 bridgehead atoms. The van der Waals surface area contributed by atoms with Gasteiger partial charge in [0.15, 0.2) is 0 Å². The zero-order valence-corrected chi connectivity index (χ0v) is 11.5. The summed E-state index contributed by atoms with van der Waals surface area (Å²) in [6.07, 6.45) is 1.76. The number of aromatic nitrogens is 2. The molecule has 1 heterocycles. The van der Waals surface area contributed by atoms with E-state index in [4.69, 9.17) is 11.6 Å². The first-order valence-electron chi connectivity index (χ1n) is 6.26. The molecule has 0 spiro atoms. The Morgan fingerprint density at radius 1 is 1.37 bits per heavy atom. The van der Waals surface area contributed by atoms with Gasteiger partial charge in [0.1, 0.15) is 0 Å². The number of anilines is 1. The first-order valence-corrected chi connectivity index (χ1v) is 6.64. The highest BCUT2D eigenvalue weighted by molar-refractivity contribution is 6.31. The van der Waals surface area contributed by atoms with Crippen LogP contribution >= 0.6 is 11.6 Å². The zero-order valence-electron chi connectivity index (χ0n) is 10.7. The molecule has 2 rings (SSSR count). The van der Waals surface area contributed by atoms with Gasteiger partial charge in [-0.3, -0.25) is 9.78 Å². The van der Waals surface area contributed by atoms with E-state index in [-0.39, 0.29) is 5.56 Å². The van der Waals surface area contributed by atoms with Crippen molar-refractivity contribution in [2.45, 2.75) is 26.3 Å². The second-order valence-electron chi connectivity index (χ2n) is 4.28. The smallest absolute Gasteiger partial charge is 0.252 e. The van der Waals surface area contributed by atoms with E-state index >= 15 is 0 Å². The van der Waals surface area contributed by atoms with Crippen LogP contribution in [0.4, 0.5) is 5.95 Å². The van der Waals surface area contributed by atoms with Gasteiger partial charge in [0.05, 0.1) is 0 Å². The molecule has 2 N–H and O–H groups in total. The summed E-state index contributed by atoms with van der Waals surface area (Å²) in [6, 6.07) is 9.11. The fraction of sp³-hybridized carbons (Fsp3) is 0.286. The predicted octanol–water partition coefficient (Wildman–Crippen LogP) is 2.99. The number of benzene rings is 1. The average molecular weight is 278 g/mol. The maximum Gasteiger partial charge on any atom is 0.252 e. The second-order valence-corrected chi connectivity index (χ2v) is 4.69. The summed E-state index contributed by atoms with van der Waals surface area (Å²) in [7, 11) is 0. The van der Waals surface area contributed by atoms with Gasteiger partial charge < -0.3 is 5.32 Å². The first-order chi connectivity index (χ1) is 9.19. The molecule has 0 fully saturated rings. The standard InChI is InChI=1S/C14H16ClN3O/c1-2-5-11-8-13(19)18-14(17-11)16-9-10-6-3-4-7-12(10)15/h3-4,6-8H,2,5,9H2,1H3,(H2,16,17,18,19). The lowest BCUT2D eigenvalue weighted by Crippen LogP contribution is -2.14. The van der Waals surface area contributed by atoms with E-state index in [0.29, 0.717) is 17.5 Å². The predicted molar refractivity (Wildman–Crippen MR) is 77.6 cm³/mol. The molecule has 2 aromatic rings. The molecule has 0 aliphatic rings. The fourth-order valence-corrected chi connectivity index (χ4v) is 2.00. The van der Waals surface area contributed by atoms with Crippen molar-refractivity contribution in [1.82, 2.24) is 9.97 Å². The van der Waals surface area contributed by atoms with Crippen LogP contribution in [-0.2, 0) is 13.0 Å². The molecular weight excluding hydrogens is 262 g/mol. The van der Waals surface area contributed by atoms with Gasteiger partial charge in [-0.15, -0.1) is 0 Å². The number of aromatic amines is 1. The molecule has 0 amide bonds. The SMILES string of the molecule is CCCc1cc(=O)[nH]c(NCc2ccccc2Cl)n1. The van der Waals surface area contributed by atoms with E-state index in [1.807, 2.05) is 24.3 Å². The highest BCUT2D eigenvalue weighted by Crippen LogP contribution is 2.15. The number of halogens is 1. The van der Waals surface area contributed by atoms with Gasteiger partial charge in [-0.1, -0.05) is 43.1 Å². The molecule has 0 saturated heterocycles. The van der Waals surface area contributed by atoms with Gasteiger partial charge >= 0.3 is 0 Å². The Labute approximate surface area is 116 Å². The maximum absolute atomic E-state index is 11.5. The van der Waals surface area contributed by atoms with Crippen molar-refractivity contribution >= 4 is 17.5 Å². The highest BCUT2D eigenvalue weighted by Gasteiger charge is 2.02. The van der Waals surface area contributed by atoms with Crippen LogP contribution in [0, 0.1) is 0 Å². The van der Waals surface area contributed by atoms with Crippen LogP contribution in [0.3, 0.4) is 0 Å². The Morgan fingerprint density at radius 2 is 2.16 bits per heavy atom. The fourth-order valence-electron chi connectivity index (χ4n) is 1.80. The molecule has 5 heteroatoms. The molecular formula is C14H16ClN3O. The van der Waals surface area contributed by atoms with Crippen molar-refractivity contribution < 1.29 is 0 Å². The van der Waals surface area contributed by atoms with Gasteiger partial charge in [0.25, 0.3) is 5.56 Å². The molecule has 0 atom stereocenters. The Morgan fingerprint density at radius 3 is 2.89 bits per heavy atom. The van der Waals surface area contributed by atoms with Gasteiger partial charge in [0, 0.05) is 23.3 Å². The Bertz CT molecular complexity index is 610. The van der Waals surface area contributed by atoms with Crippen LogP contribution in [0.1, 0.15) is 24.6 Å². The molecule has 0 radical (unpaired) electrons. The number of nitrogens with one attached hydrogen (secondary N) is 2. The van der Waals surface area contributed by atoms with Crippen LogP contribution in [0.5, 0.6) is 0 Å². The minimum atomic E-state index is -0.139. The monoisotopic (exact) mass is 277 g/mol.